The highest BCUT2D eigenvalue weighted by molar-refractivity contribution is 5.74. The molecule has 0 unspecified atom stereocenters. The van der Waals surface area contributed by atoms with E-state index in [-0.39, 0.29) is 0 Å². The monoisotopic (exact) mass is 336 g/mol. The third-order valence-corrected chi connectivity index (χ3v) is 4.73. The van der Waals surface area contributed by atoms with Gasteiger partial charge in [-0.3, -0.25) is 0 Å². The Balaban J connectivity index is 1.89. The molecule has 0 N–H and O–H groups in total. The van der Waals surface area contributed by atoms with Crippen molar-refractivity contribution in [2.45, 2.75) is 19.6 Å². The van der Waals surface area contributed by atoms with Crippen molar-refractivity contribution in [3.8, 4) is 23.0 Å². The van der Waals surface area contributed by atoms with Crippen molar-refractivity contribution >= 4 is 12.2 Å². The molecule has 2 aromatic rings. The molecule has 25 heavy (non-hydrogen) atoms. The lowest BCUT2D eigenvalue weighted by Crippen LogP contribution is -2.47. The first-order valence-corrected chi connectivity index (χ1v) is 8.18. The van der Waals surface area contributed by atoms with Crippen LogP contribution in [0.2, 0.25) is 0 Å². The van der Waals surface area contributed by atoms with Crippen molar-refractivity contribution in [3.63, 3.8) is 0 Å². The van der Waals surface area contributed by atoms with Crippen LogP contribution in [0.15, 0.2) is 47.5 Å². The molecule has 4 rings (SSSR count). The lowest BCUT2D eigenvalue weighted by Gasteiger charge is -2.42. The molecule has 2 aliphatic heterocycles. The fraction of sp³-hybridized carbons (Fsp3) is 0.238. The number of hydrogen-bond acceptors (Lipinski definition) is 4. The van der Waals surface area contributed by atoms with Gasteiger partial charge >= 0.3 is 0 Å². The maximum absolute atomic E-state index is 6.42. The lowest BCUT2D eigenvalue weighted by atomic mass is 9.90. The summed E-state index contributed by atoms with van der Waals surface area (Å²) >= 11 is 0. The molecule has 2 aromatic carbocycles. The van der Waals surface area contributed by atoms with Crippen LogP contribution >= 0.6 is 0 Å². The molecule has 0 atom stereocenters. The molecule has 2 heterocycles. The molecule has 0 fully saturated rings. The highest BCUT2D eigenvalue weighted by Gasteiger charge is 2.46. The Morgan fingerprint density at radius 1 is 0.720 bits per heavy atom. The summed E-state index contributed by atoms with van der Waals surface area (Å²) in [6, 6.07) is 11.7. The van der Waals surface area contributed by atoms with Crippen LogP contribution < -0.4 is 18.9 Å². The van der Waals surface area contributed by atoms with E-state index in [0.717, 1.165) is 22.3 Å². The van der Waals surface area contributed by atoms with Gasteiger partial charge < -0.3 is 18.9 Å². The first-order valence-electron chi connectivity index (χ1n) is 8.18. The normalized spacial score (nSPS) is 16.6. The van der Waals surface area contributed by atoms with E-state index >= 15 is 0 Å². The van der Waals surface area contributed by atoms with Crippen LogP contribution in [0, 0.1) is 0 Å². The van der Waals surface area contributed by atoms with Crippen LogP contribution in [0.1, 0.15) is 25.0 Å². The summed E-state index contributed by atoms with van der Waals surface area (Å²) in [6.07, 6.45) is 4.16. The summed E-state index contributed by atoms with van der Waals surface area (Å²) in [5.41, 5.74) is 3.89. The van der Waals surface area contributed by atoms with Gasteiger partial charge in [0.1, 0.15) is 0 Å². The van der Waals surface area contributed by atoms with E-state index in [1.807, 2.05) is 50.2 Å². The van der Waals surface area contributed by atoms with E-state index in [1.165, 1.54) is 0 Å². The zero-order chi connectivity index (χ0) is 17.6. The van der Waals surface area contributed by atoms with Gasteiger partial charge in [0.15, 0.2) is 23.0 Å². The van der Waals surface area contributed by atoms with Crippen LogP contribution in [0.3, 0.4) is 0 Å². The van der Waals surface area contributed by atoms with Crippen LogP contribution in [-0.2, 0) is 0 Å². The second-order valence-corrected chi connectivity index (χ2v) is 6.23. The van der Waals surface area contributed by atoms with Gasteiger partial charge in [0.2, 0.25) is 0 Å². The molecule has 1 spiro atoms. The first-order chi connectivity index (χ1) is 12.1. The Kier molecular flexibility index (Phi) is 3.49. The Labute approximate surface area is 147 Å². The minimum absolute atomic E-state index is 0.682. The quantitative estimate of drug-likeness (QED) is 0.797. The summed E-state index contributed by atoms with van der Waals surface area (Å²) in [5, 5.41) is 0. The topological polar surface area (TPSA) is 36.9 Å². The minimum Gasteiger partial charge on any atom is -0.493 e. The van der Waals surface area contributed by atoms with Crippen molar-refractivity contribution in [1.29, 1.82) is 0 Å². The number of para-hydroxylation sites is 2. The molecule has 0 aliphatic carbocycles. The summed E-state index contributed by atoms with van der Waals surface area (Å²) in [6.45, 7) is 4.03. The molecular weight excluding hydrogens is 316 g/mol. The largest absolute Gasteiger partial charge is 0.493 e. The minimum atomic E-state index is -0.997. The van der Waals surface area contributed by atoms with Gasteiger partial charge in [-0.1, -0.05) is 24.3 Å². The Bertz CT molecular complexity index is 833. The molecule has 0 radical (unpaired) electrons. The second-order valence-electron chi connectivity index (χ2n) is 6.23. The third kappa shape index (κ3) is 2.21. The molecule has 0 amide bonds. The van der Waals surface area contributed by atoms with Gasteiger partial charge in [0.25, 0.3) is 5.79 Å². The van der Waals surface area contributed by atoms with Gasteiger partial charge in [-0.25, -0.2) is 0 Å². The third-order valence-electron chi connectivity index (χ3n) is 4.73. The van der Waals surface area contributed by atoms with Crippen LogP contribution in [0.4, 0.5) is 0 Å². The van der Waals surface area contributed by atoms with E-state index in [0.29, 0.717) is 23.0 Å². The smallest absolute Gasteiger partial charge is 0.297 e. The van der Waals surface area contributed by atoms with Crippen LogP contribution in [0.5, 0.6) is 23.0 Å². The average Bonchev–Trinajstić information content (AvgIpc) is 2.62. The predicted molar refractivity (Wildman–Crippen MR) is 97.3 cm³/mol. The fourth-order valence-electron chi connectivity index (χ4n) is 3.43. The maximum atomic E-state index is 6.42. The molecule has 4 heteroatoms. The zero-order valence-corrected chi connectivity index (χ0v) is 14.8. The van der Waals surface area contributed by atoms with Crippen LogP contribution in [-0.4, -0.2) is 20.0 Å². The molecular formula is C21H20O4. The van der Waals surface area contributed by atoms with Gasteiger partial charge in [-0.05, 0) is 38.1 Å². The number of fused-ring (bicyclic) bond motifs is 2. The summed E-state index contributed by atoms with van der Waals surface area (Å²) < 4.78 is 23.8. The van der Waals surface area contributed by atoms with E-state index < -0.39 is 5.79 Å². The Hall–Kier alpha value is -2.88. The summed E-state index contributed by atoms with van der Waals surface area (Å²) in [5.74, 6) is 1.73. The fourth-order valence-corrected chi connectivity index (χ4v) is 3.43. The van der Waals surface area contributed by atoms with Crippen molar-refractivity contribution in [1.82, 2.24) is 0 Å². The van der Waals surface area contributed by atoms with Crippen molar-refractivity contribution in [3.05, 3.63) is 58.7 Å². The highest BCUT2D eigenvalue weighted by Crippen LogP contribution is 2.49. The molecule has 128 valence electrons. The number of benzene rings is 2. The summed E-state index contributed by atoms with van der Waals surface area (Å²) in [4.78, 5) is 0. The van der Waals surface area contributed by atoms with E-state index in [9.17, 15) is 0 Å². The highest BCUT2D eigenvalue weighted by atomic mass is 16.7. The van der Waals surface area contributed by atoms with Crippen molar-refractivity contribution in [2.24, 2.45) is 0 Å². The SMILES string of the molecule is COc1cccc2c1OC1(Oc3c(cccc3OC)C=C1C)C(C)=C2. The standard InChI is InChI=1S/C21H20O4/c1-13-11-15-7-5-9-17(22-3)19(15)24-21(13)14(2)12-16-8-6-10-18(23-4)20(16)25-21/h5-12H,1-4H3. The molecule has 0 saturated heterocycles. The van der Waals surface area contributed by atoms with E-state index in [2.05, 4.69) is 12.2 Å². The van der Waals surface area contributed by atoms with Gasteiger partial charge in [0, 0.05) is 22.3 Å². The van der Waals surface area contributed by atoms with Crippen molar-refractivity contribution < 1.29 is 18.9 Å². The number of hydrogen-bond donors (Lipinski definition) is 0. The van der Waals surface area contributed by atoms with Crippen molar-refractivity contribution in [2.75, 3.05) is 14.2 Å². The van der Waals surface area contributed by atoms with E-state index in [4.69, 9.17) is 18.9 Å². The van der Waals surface area contributed by atoms with Gasteiger partial charge in [-0.2, -0.15) is 0 Å². The number of ether oxygens (including phenoxy) is 4. The van der Waals surface area contributed by atoms with E-state index in [1.54, 1.807) is 14.2 Å². The van der Waals surface area contributed by atoms with Crippen LogP contribution in [0.25, 0.3) is 12.2 Å². The molecule has 2 aliphatic rings. The maximum Gasteiger partial charge on any atom is 0.297 e. The Morgan fingerprint density at radius 3 is 1.56 bits per heavy atom. The molecule has 0 saturated carbocycles. The van der Waals surface area contributed by atoms with Gasteiger partial charge in [-0.15, -0.1) is 0 Å². The number of rotatable bonds is 2. The Morgan fingerprint density at radius 2 is 1.16 bits per heavy atom. The number of methoxy groups -OCH3 is 2. The first kappa shape index (κ1) is 15.6. The molecule has 4 nitrogen and oxygen atoms in total. The lowest BCUT2D eigenvalue weighted by molar-refractivity contribution is -0.0541. The van der Waals surface area contributed by atoms with Gasteiger partial charge in [0.05, 0.1) is 14.2 Å². The molecule has 0 aromatic heterocycles. The average molecular weight is 336 g/mol. The summed E-state index contributed by atoms with van der Waals surface area (Å²) in [7, 11) is 3.28. The predicted octanol–water partition coefficient (Wildman–Crippen LogP) is 4.69. The zero-order valence-electron chi connectivity index (χ0n) is 14.8. The second kappa shape index (κ2) is 5.59. The molecule has 0 bridgehead atoms.